The number of nitrogens with zero attached hydrogens (tertiary/aromatic N) is 3. The summed E-state index contributed by atoms with van der Waals surface area (Å²) in [7, 11) is 0. The number of hydrogen-bond acceptors (Lipinski definition) is 4. The van der Waals surface area contributed by atoms with Crippen LogP contribution in [0.3, 0.4) is 0 Å². The van der Waals surface area contributed by atoms with E-state index in [1.165, 1.54) is 15.3 Å². The van der Waals surface area contributed by atoms with Gasteiger partial charge in [-0.25, -0.2) is 4.52 Å². The molecular weight excluding hydrogens is 246 g/mol. The van der Waals surface area contributed by atoms with Gasteiger partial charge in [0.2, 0.25) is 5.78 Å². The van der Waals surface area contributed by atoms with Crippen LogP contribution >= 0.6 is 0 Å². The molecule has 0 aliphatic heterocycles. The Bertz CT molecular complexity index is 796. The first-order chi connectivity index (χ1) is 9.15. The average Bonchev–Trinajstić information content (AvgIpc) is 3.01. The highest BCUT2D eigenvalue weighted by Crippen LogP contribution is 2.04. The van der Waals surface area contributed by atoms with Crippen LogP contribution in [0.25, 0.3) is 5.52 Å². The van der Waals surface area contributed by atoms with E-state index in [1.54, 1.807) is 30.6 Å². The summed E-state index contributed by atoms with van der Waals surface area (Å²) in [4.78, 5) is 24.1. The molecule has 19 heavy (non-hydrogen) atoms. The van der Waals surface area contributed by atoms with E-state index in [0.717, 1.165) is 5.69 Å². The fraction of sp³-hybridized carbons (Fsp3) is 0.154. The Hall–Kier alpha value is -2.63. The van der Waals surface area contributed by atoms with Crippen molar-refractivity contribution in [1.82, 2.24) is 14.2 Å². The van der Waals surface area contributed by atoms with Crippen LogP contribution in [0.15, 0.2) is 46.1 Å². The second-order valence-electron chi connectivity index (χ2n) is 4.25. The molecule has 0 unspecified atom stereocenters. The van der Waals surface area contributed by atoms with Crippen LogP contribution in [0, 0.1) is 6.92 Å². The van der Waals surface area contributed by atoms with Crippen molar-refractivity contribution in [1.29, 1.82) is 0 Å². The van der Waals surface area contributed by atoms with Gasteiger partial charge in [0.05, 0.1) is 18.5 Å². The molecule has 0 aliphatic carbocycles. The maximum Gasteiger partial charge on any atom is 0.276 e. The Morgan fingerprint density at radius 2 is 2.26 bits per heavy atom. The zero-order valence-corrected chi connectivity index (χ0v) is 10.2. The Kier molecular flexibility index (Phi) is 2.56. The zero-order valence-electron chi connectivity index (χ0n) is 10.2. The predicted molar refractivity (Wildman–Crippen MR) is 67.2 cm³/mol. The van der Waals surface area contributed by atoms with Crippen molar-refractivity contribution in [3.8, 4) is 0 Å². The van der Waals surface area contributed by atoms with Crippen LogP contribution < -0.4 is 5.56 Å². The molecule has 3 aromatic rings. The lowest BCUT2D eigenvalue weighted by molar-refractivity contribution is 0.0944. The van der Waals surface area contributed by atoms with Gasteiger partial charge in [-0.1, -0.05) is 0 Å². The highest BCUT2D eigenvalue weighted by Gasteiger charge is 2.12. The zero-order chi connectivity index (χ0) is 13.4. The van der Waals surface area contributed by atoms with E-state index in [4.69, 9.17) is 4.42 Å². The number of aryl methyl sites for hydroxylation is 1. The van der Waals surface area contributed by atoms with Gasteiger partial charge in [-0.15, -0.1) is 0 Å². The van der Waals surface area contributed by atoms with Crippen molar-refractivity contribution in [3.63, 3.8) is 0 Å². The molecule has 0 aromatic carbocycles. The summed E-state index contributed by atoms with van der Waals surface area (Å²) in [5.41, 5.74) is 0.961. The summed E-state index contributed by atoms with van der Waals surface area (Å²) in [5.74, 6) is 0.00384. The minimum Gasteiger partial charge on any atom is -0.461 e. The van der Waals surface area contributed by atoms with Crippen molar-refractivity contribution in [2.75, 3.05) is 0 Å². The van der Waals surface area contributed by atoms with Crippen LogP contribution in [0.5, 0.6) is 0 Å². The van der Waals surface area contributed by atoms with Crippen molar-refractivity contribution in [2.24, 2.45) is 0 Å². The van der Waals surface area contributed by atoms with Crippen molar-refractivity contribution in [3.05, 3.63) is 58.7 Å². The van der Waals surface area contributed by atoms with Gasteiger partial charge >= 0.3 is 0 Å². The van der Waals surface area contributed by atoms with Crippen LogP contribution in [0.2, 0.25) is 0 Å². The number of hydrogen-bond donors (Lipinski definition) is 0. The van der Waals surface area contributed by atoms with Gasteiger partial charge in [0.1, 0.15) is 5.52 Å². The van der Waals surface area contributed by atoms with Crippen LogP contribution in [0.1, 0.15) is 16.2 Å². The van der Waals surface area contributed by atoms with Gasteiger partial charge in [-0.2, -0.15) is 5.10 Å². The SMILES string of the molecule is Cc1cc2c(=O)n(CC(=O)c3ccco3)ccn2n1. The highest BCUT2D eigenvalue weighted by atomic mass is 16.3. The molecule has 0 spiro atoms. The standard InChI is InChI=1S/C13H11N3O3/c1-9-7-10-13(18)15(4-5-16(10)14-9)8-11(17)12-3-2-6-19-12/h2-7H,8H2,1H3. The van der Waals surface area contributed by atoms with E-state index in [1.807, 2.05) is 6.92 Å². The second kappa shape index (κ2) is 4.24. The van der Waals surface area contributed by atoms with Crippen LogP contribution in [-0.2, 0) is 6.54 Å². The number of fused-ring (bicyclic) bond motifs is 1. The van der Waals surface area contributed by atoms with Gasteiger partial charge in [0, 0.05) is 12.4 Å². The molecule has 0 bridgehead atoms. The summed E-state index contributed by atoms with van der Waals surface area (Å²) in [6.07, 6.45) is 4.63. The molecule has 0 N–H and O–H groups in total. The van der Waals surface area contributed by atoms with E-state index in [2.05, 4.69) is 5.10 Å². The van der Waals surface area contributed by atoms with Crippen LogP contribution in [-0.4, -0.2) is 20.0 Å². The Morgan fingerprint density at radius 3 is 3.00 bits per heavy atom. The van der Waals surface area contributed by atoms with E-state index >= 15 is 0 Å². The molecule has 0 amide bonds. The van der Waals surface area contributed by atoms with E-state index in [9.17, 15) is 9.59 Å². The summed E-state index contributed by atoms with van der Waals surface area (Å²) in [5, 5.41) is 4.14. The van der Waals surface area contributed by atoms with Crippen molar-refractivity contribution in [2.45, 2.75) is 13.5 Å². The lowest BCUT2D eigenvalue weighted by Gasteiger charge is -2.03. The lowest BCUT2D eigenvalue weighted by atomic mass is 10.3. The fourth-order valence-electron chi connectivity index (χ4n) is 1.94. The number of furan rings is 1. The maximum absolute atomic E-state index is 12.2. The minimum absolute atomic E-state index is 0.0485. The molecule has 0 radical (unpaired) electrons. The number of Topliss-reactive ketones (excluding diaryl/α,β-unsaturated/α-hetero) is 1. The van der Waals surface area contributed by atoms with Gasteiger partial charge in [0.25, 0.3) is 5.56 Å². The number of carbonyl (C=O) groups excluding carboxylic acids is 1. The van der Waals surface area contributed by atoms with E-state index in [0.29, 0.717) is 5.52 Å². The smallest absolute Gasteiger partial charge is 0.276 e. The lowest BCUT2D eigenvalue weighted by Crippen LogP contribution is -2.25. The Morgan fingerprint density at radius 1 is 1.42 bits per heavy atom. The summed E-state index contributed by atoms with van der Waals surface area (Å²) < 4.78 is 7.87. The monoisotopic (exact) mass is 257 g/mol. The molecule has 3 aromatic heterocycles. The first kappa shape index (κ1) is 11.5. The van der Waals surface area contributed by atoms with Gasteiger partial charge in [0.15, 0.2) is 5.76 Å². The number of aromatic nitrogens is 3. The summed E-state index contributed by atoms with van der Waals surface area (Å²) in [6, 6.07) is 4.91. The normalized spacial score (nSPS) is 11.0. The summed E-state index contributed by atoms with van der Waals surface area (Å²) in [6.45, 7) is 1.76. The molecule has 3 heterocycles. The first-order valence-electron chi connectivity index (χ1n) is 5.77. The molecular formula is C13H11N3O3. The molecule has 96 valence electrons. The fourth-order valence-corrected chi connectivity index (χ4v) is 1.94. The first-order valence-corrected chi connectivity index (χ1v) is 5.77. The highest BCUT2D eigenvalue weighted by molar-refractivity contribution is 5.93. The molecule has 6 heteroatoms. The summed E-state index contributed by atoms with van der Waals surface area (Å²) >= 11 is 0. The molecule has 0 atom stereocenters. The third-order valence-corrected chi connectivity index (χ3v) is 2.84. The molecule has 6 nitrogen and oxygen atoms in total. The van der Waals surface area contributed by atoms with Gasteiger partial charge < -0.3 is 8.98 Å². The van der Waals surface area contributed by atoms with Crippen molar-refractivity contribution < 1.29 is 9.21 Å². The molecule has 3 rings (SSSR count). The Labute approximate surface area is 107 Å². The molecule has 0 saturated carbocycles. The Balaban J connectivity index is 2.00. The minimum atomic E-state index is -0.247. The van der Waals surface area contributed by atoms with Crippen LogP contribution in [0.4, 0.5) is 0 Å². The van der Waals surface area contributed by atoms with Gasteiger partial charge in [-0.05, 0) is 25.1 Å². The third-order valence-electron chi connectivity index (χ3n) is 2.84. The quantitative estimate of drug-likeness (QED) is 0.663. The molecule has 0 aliphatic rings. The molecule has 0 fully saturated rings. The number of carbonyl (C=O) groups is 1. The van der Waals surface area contributed by atoms with Gasteiger partial charge in [-0.3, -0.25) is 9.59 Å². The molecule has 0 saturated heterocycles. The van der Waals surface area contributed by atoms with E-state index in [-0.39, 0.29) is 23.6 Å². The average molecular weight is 257 g/mol. The second-order valence-corrected chi connectivity index (χ2v) is 4.25. The topological polar surface area (TPSA) is 69.5 Å². The number of rotatable bonds is 3. The third kappa shape index (κ3) is 1.97. The predicted octanol–water partition coefficient (Wildman–Crippen LogP) is 1.28. The largest absolute Gasteiger partial charge is 0.461 e. The van der Waals surface area contributed by atoms with Crippen molar-refractivity contribution >= 4 is 11.3 Å². The maximum atomic E-state index is 12.2. The van der Waals surface area contributed by atoms with E-state index < -0.39 is 0 Å². The number of ketones is 1.